The second kappa shape index (κ2) is 5.53. The lowest BCUT2D eigenvalue weighted by Gasteiger charge is -2.18. The van der Waals surface area contributed by atoms with E-state index in [1.165, 1.54) is 11.9 Å². The fourth-order valence-corrected chi connectivity index (χ4v) is 1.68. The summed E-state index contributed by atoms with van der Waals surface area (Å²) < 4.78 is 5.27. The third-order valence-electron chi connectivity index (χ3n) is 2.86. The highest BCUT2D eigenvalue weighted by Gasteiger charge is 2.17. The van der Waals surface area contributed by atoms with Crippen molar-refractivity contribution in [2.45, 2.75) is 20.4 Å². The Morgan fingerprint density at radius 2 is 1.83 bits per heavy atom. The van der Waals surface area contributed by atoms with Crippen molar-refractivity contribution in [3.8, 4) is 5.75 Å². The Morgan fingerprint density at radius 1 is 1.28 bits per heavy atom. The normalized spacial score (nSPS) is 10.0. The van der Waals surface area contributed by atoms with Crippen LogP contribution in [0.1, 0.15) is 16.7 Å². The lowest BCUT2D eigenvalue weighted by atomic mass is 10.0. The smallest absolute Gasteiger partial charge is 0.311 e. The van der Waals surface area contributed by atoms with Gasteiger partial charge in [0.05, 0.1) is 7.11 Å². The molecular weight excluding hydrogens is 232 g/mol. The maximum absolute atomic E-state index is 11.4. The molecule has 2 amide bonds. The third kappa shape index (κ3) is 3.00. The van der Waals surface area contributed by atoms with Crippen LogP contribution in [0.4, 0.5) is 0 Å². The van der Waals surface area contributed by atoms with Crippen LogP contribution in [0.15, 0.2) is 12.1 Å². The summed E-state index contributed by atoms with van der Waals surface area (Å²) in [7, 11) is 3.10. The molecule has 18 heavy (non-hydrogen) atoms. The molecule has 0 radical (unpaired) electrons. The van der Waals surface area contributed by atoms with Gasteiger partial charge in [0, 0.05) is 19.2 Å². The van der Waals surface area contributed by atoms with Gasteiger partial charge in [0.15, 0.2) is 0 Å². The number of methoxy groups -OCH3 is 1. The molecule has 0 saturated carbocycles. The standard InChI is InChI=1S/C13H18N2O3/c1-8-5-10(11(18-4)6-9(8)2)7-15(3)13(17)12(14)16/h5-6H,7H2,1-4H3,(H2,14,16). The molecule has 0 fully saturated rings. The van der Waals surface area contributed by atoms with Crippen LogP contribution in [-0.4, -0.2) is 30.9 Å². The van der Waals surface area contributed by atoms with Gasteiger partial charge < -0.3 is 15.4 Å². The van der Waals surface area contributed by atoms with Crippen molar-refractivity contribution in [3.63, 3.8) is 0 Å². The van der Waals surface area contributed by atoms with Gasteiger partial charge in [-0.1, -0.05) is 6.07 Å². The van der Waals surface area contributed by atoms with Crippen molar-refractivity contribution in [1.82, 2.24) is 4.90 Å². The Bertz CT molecular complexity index is 483. The van der Waals surface area contributed by atoms with Crippen molar-refractivity contribution in [3.05, 3.63) is 28.8 Å². The van der Waals surface area contributed by atoms with E-state index in [2.05, 4.69) is 0 Å². The minimum absolute atomic E-state index is 0.284. The summed E-state index contributed by atoms with van der Waals surface area (Å²) in [4.78, 5) is 23.5. The topological polar surface area (TPSA) is 72.6 Å². The van der Waals surface area contributed by atoms with E-state index in [0.29, 0.717) is 5.75 Å². The van der Waals surface area contributed by atoms with E-state index in [9.17, 15) is 9.59 Å². The summed E-state index contributed by atoms with van der Waals surface area (Å²) in [5, 5.41) is 0. The molecule has 98 valence electrons. The molecule has 0 aliphatic carbocycles. The fourth-order valence-electron chi connectivity index (χ4n) is 1.68. The highest BCUT2D eigenvalue weighted by atomic mass is 16.5. The number of hydrogen-bond acceptors (Lipinski definition) is 3. The second-order valence-corrected chi connectivity index (χ2v) is 4.27. The zero-order valence-corrected chi connectivity index (χ0v) is 11.1. The predicted octanol–water partition coefficient (Wildman–Crippen LogP) is 0.756. The van der Waals surface area contributed by atoms with Crippen LogP contribution in [0.2, 0.25) is 0 Å². The van der Waals surface area contributed by atoms with E-state index in [4.69, 9.17) is 10.5 Å². The summed E-state index contributed by atoms with van der Waals surface area (Å²) in [6.07, 6.45) is 0. The number of benzene rings is 1. The average molecular weight is 250 g/mol. The maximum atomic E-state index is 11.4. The highest BCUT2D eigenvalue weighted by molar-refractivity contribution is 6.34. The van der Waals surface area contributed by atoms with E-state index in [-0.39, 0.29) is 6.54 Å². The van der Waals surface area contributed by atoms with Crippen LogP contribution >= 0.6 is 0 Å². The minimum atomic E-state index is -0.958. The molecule has 0 bridgehead atoms. The molecule has 0 heterocycles. The number of nitrogens with zero attached hydrogens (tertiary/aromatic N) is 1. The largest absolute Gasteiger partial charge is 0.496 e. The summed E-state index contributed by atoms with van der Waals surface area (Å²) in [6, 6.07) is 3.85. The molecule has 1 aromatic carbocycles. The first-order valence-corrected chi connectivity index (χ1v) is 5.55. The van der Waals surface area contributed by atoms with E-state index in [1.54, 1.807) is 7.11 Å². The lowest BCUT2D eigenvalue weighted by molar-refractivity contribution is -0.143. The molecule has 0 spiro atoms. The first-order valence-electron chi connectivity index (χ1n) is 5.55. The number of primary amides is 1. The third-order valence-corrected chi connectivity index (χ3v) is 2.86. The minimum Gasteiger partial charge on any atom is -0.496 e. The number of aryl methyl sites for hydroxylation is 2. The van der Waals surface area contributed by atoms with Gasteiger partial charge in [-0.15, -0.1) is 0 Å². The van der Waals surface area contributed by atoms with E-state index < -0.39 is 11.8 Å². The van der Waals surface area contributed by atoms with Gasteiger partial charge in [-0.2, -0.15) is 0 Å². The fraction of sp³-hybridized carbons (Fsp3) is 0.385. The van der Waals surface area contributed by atoms with Crippen molar-refractivity contribution in [2.75, 3.05) is 14.2 Å². The first-order chi connectivity index (χ1) is 8.36. The van der Waals surface area contributed by atoms with Gasteiger partial charge in [-0.3, -0.25) is 9.59 Å². The van der Waals surface area contributed by atoms with Gasteiger partial charge in [0.25, 0.3) is 0 Å². The Hall–Kier alpha value is -2.04. The van der Waals surface area contributed by atoms with Crippen molar-refractivity contribution in [1.29, 1.82) is 0 Å². The van der Waals surface area contributed by atoms with Gasteiger partial charge >= 0.3 is 11.8 Å². The predicted molar refractivity (Wildman–Crippen MR) is 68.1 cm³/mol. The van der Waals surface area contributed by atoms with Crippen molar-refractivity contribution >= 4 is 11.8 Å². The van der Waals surface area contributed by atoms with Crippen LogP contribution in [0.25, 0.3) is 0 Å². The van der Waals surface area contributed by atoms with E-state index in [0.717, 1.165) is 16.7 Å². The van der Waals surface area contributed by atoms with Crippen molar-refractivity contribution < 1.29 is 14.3 Å². The van der Waals surface area contributed by atoms with Gasteiger partial charge in [-0.05, 0) is 31.0 Å². The molecule has 0 aromatic heterocycles. The molecule has 0 aliphatic heterocycles. The molecule has 0 unspecified atom stereocenters. The van der Waals surface area contributed by atoms with Gasteiger partial charge in [0.1, 0.15) is 5.75 Å². The lowest BCUT2D eigenvalue weighted by Crippen LogP contribution is -2.37. The van der Waals surface area contributed by atoms with Gasteiger partial charge in [-0.25, -0.2) is 0 Å². The van der Waals surface area contributed by atoms with Crippen LogP contribution in [-0.2, 0) is 16.1 Å². The Morgan fingerprint density at radius 3 is 2.33 bits per heavy atom. The molecule has 1 aromatic rings. The van der Waals surface area contributed by atoms with E-state index >= 15 is 0 Å². The zero-order chi connectivity index (χ0) is 13.9. The maximum Gasteiger partial charge on any atom is 0.311 e. The van der Waals surface area contributed by atoms with Crippen molar-refractivity contribution in [2.24, 2.45) is 5.73 Å². The molecule has 0 atom stereocenters. The number of likely N-dealkylation sites (N-methyl/N-ethyl adjacent to an activating group) is 1. The monoisotopic (exact) mass is 250 g/mol. The number of carbonyl (C=O) groups excluding carboxylic acids is 2. The number of hydrogen-bond donors (Lipinski definition) is 1. The summed E-state index contributed by atoms with van der Waals surface area (Å²) >= 11 is 0. The number of carbonyl (C=O) groups is 2. The first kappa shape index (κ1) is 14.0. The Kier molecular flexibility index (Phi) is 4.31. The quantitative estimate of drug-likeness (QED) is 0.805. The van der Waals surface area contributed by atoms with E-state index in [1.807, 2.05) is 26.0 Å². The second-order valence-electron chi connectivity index (χ2n) is 4.27. The number of ether oxygens (including phenoxy) is 1. The summed E-state index contributed by atoms with van der Waals surface area (Å²) in [6.45, 7) is 4.25. The number of amides is 2. The SMILES string of the molecule is COc1cc(C)c(C)cc1CN(C)C(=O)C(N)=O. The summed E-state index contributed by atoms with van der Waals surface area (Å²) in [5.41, 5.74) is 8.01. The van der Waals surface area contributed by atoms with Crippen LogP contribution < -0.4 is 10.5 Å². The molecule has 0 aliphatic rings. The Balaban J connectivity index is 3.00. The number of nitrogens with two attached hydrogens (primary N) is 1. The molecule has 5 heteroatoms. The molecule has 2 N–H and O–H groups in total. The van der Waals surface area contributed by atoms with Crippen LogP contribution in [0.3, 0.4) is 0 Å². The molecule has 5 nitrogen and oxygen atoms in total. The number of rotatable bonds is 3. The molecule has 0 saturated heterocycles. The zero-order valence-electron chi connectivity index (χ0n) is 11.1. The average Bonchev–Trinajstić information content (AvgIpc) is 2.32. The Labute approximate surface area is 107 Å². The van der Waals surface area contributed by atoms with Gasteiger partial charge in [0.2, 0.25) is 0 Å². The van der Waals surface area contributed by atoms with Crippen LogP contribution in [0, 0.1) is 13.8 Å². The highest BCUT2D eigenvalue weighted by Crippen LogP contribution is 2.24. The molecular formula is C13H18N2O3. The molecule has 1 rings (SSSR count). The van der Waals surface area contributed by atoms with Crippen LogP contribution in [0.5, 0.6) is 5.75 Å². The summed E-state index contributed by atoms with van der Waals surface area (Å²) in [5.74, 6) is -0.974.